The molecular weight excluding hydrogens is 462 g/mol. The van der Waals surface area contributed by atoms with Crippen molar-refractivity contribution in [2.45, 2.75) is 20.3 Å². The van der Waals surface area contributed by atoms with Crippen LogP contribution in [0.25, 0.3) is 16.9 Å². The van der Waals surface area contributed by atoms with E-state index >= 15 is 0 Å². The van der Waals surface area contributed by atoms with Crippen molar-refractivity contribution in [3.63, 3.8) is 0 Å². The molecule has 0 saturated heterocycles. The van der Waals surface area contributed by atoms with Gasteiger partial charge in [-0.1, -0.05) is 48.0 Å². The SMILES string of the molecule is CC(=O)NCCc1ccc(C(=O)COC(=O)c2cn(-c3ccc(C)cc3)nc2-c2ccccc2)s1. The molecule has 2 heterocycles. The molecule has 1 N–H and O–H groups in total. The Balaban J connectivity index is 1.48. The van der Waals surface area contributed by atoms with Crippen molar-refractivity contribution in [1.29, 1.82) is 0 Å². The topological polar surface area (TPSA) is 90.3 Å². The van der Waals surface area contributed by atoms with E-state index in [2.05, 4.69) is 10.4 Å². The highest BCUT2D eigenvalue weighted by atomic mass is 32.1. The van der Waals surface area contributed by atoms with Gasteiger partial charge in [-0.2, -0.15) is 5.10 Å². The van der Waals surface area contributed by atoms with Gasteiger partial charge in [0.25, 0.3) is 0 Å². The summed E-state index contributed by atoms with van der Waals surface area (Å²) in [6, 6.07) is 20.8. The van der Waals surface area contributed by atoms with Gasteiger partial charge in [-0.05, 0) is 37.6 Å². The van der Waals surface area contributed by atoms with Crippen LogP contribution in [-0.4, -0.2) is 40.6 Å². The van der Waals surface area contributed by atoms with E-state index in [1.807, 2.05) is 67.6 Å². The van der Waals surface area contributed by atoms with Gasteiger partial charge in [-0.3, -0.25) is 9.59 Å². The second-order valence-corrected chi connectivity index (χ2v) is 9.20. The third-order valence-corrected chi connectivity index (χ3v) is 6.48. The maximum absolute atomic E-state index is 13.0. The minimum absolute atomic E-state index is 0.0923. The van der Waals surface area contributed by atoms with Crippen LogP contribution in [0.1, 0.15) is 37.4 Å². The van der Waals surface area contributed by atoms with Crippen LogP contribution < -0.4 is 5.32 Å². The van der Waals surface area contributed by atoms with E-state index in [-0.39, 0.29) is 23.9 Å². The standard InChI is InChI=1S/C27H25N3O4S/c1-18-8-10-21(11-9-18)30-16-23(26(29-30)20-6-4-3-5-7-20)27(33)34-17-24(32)25-13-12-22(35-25)14-15-28-19(2)31/h3-13,16H,14-15,17H2,1-2H3,(H,28,31). The normalized spacial score (nSPS) is 10.7. The summed E-state index contributed by atoms with van der Waals surface area (Å²) in [7, 11) is 0. The highest BCUT2D eigenvalue weighted by molar-refractivity contribution is 7.14. The van der Waals surface area contributed by atoms with Gasteiger partial charge in [0.1, 0.15) is 11.3 Å². The lowest BCUT2D eigenvalue weighted by Crippen LogP contribution is -2.22. The molecule has 0 fully saturated rings. The Labute approximate surface area is 207 Å². The fraction of sp³-hybridized carbons (Fsp3) is 0.185. The van der Waals surface area contributed by atoms with Gasteiger partial charge in [0.05, 0.1) is 10.6 Å². The van der Waals surface area contributed by atoms with Gasteiger partial charge in [-0.25, -0.2) is 9.48 Å². The molecule has 0 atom stereocenters. The van der Waals surface area contributed by atoms with E-state index in [4.69, 9.17) is 4.74 Å². The first kappa shape index (κ1) is 24.1. The number of aromatic nitrogens is 2. The molecule has 7 nitrogen and oxygen atoms in total. The van der Waals surface area contributed by atoms with Crippen LogP contribution in [0.5, 0.6) is 0 Å². The first-order valence-electron chi connectivity index (χ1n) is 11.2. The number of aryl methyl sites for hydroxylation is 1. The lowest BCUT2D eigenvalue weighted by molar-refractivity contribution is -0.118. The number of carbonyl (C=O) groups excluding carboxylic acids is 3. The van der Waals surface area contributed by atoms with E-state index in [0.717, 1.165) is 21.7 Å². The Hall–Kier alpha value is -4.04. The highest BCUT2D eigenvalue weighted by Gasteiger charge is 2.21. The zero-order valence-corrected chi connectivity index (χ0v) is 20.3. The third kappa shape index (κ3) is 6.10. The van der Waals surface area contributed by atoms with Crippen molar-refractivity contribution in [1.82, 2.24) is 15.1 Å². The summed E-state index contributed by atoms with van der Waals surface area (Å²) in [5.74, 6) is -0.982. The number of esters is 1. The molecular formula is C27H25N3O4S. The highest BCUT2D eigenvalue weighted by Crippen LogP contribution is 2.25. The number of nitrogens with one attached hydrogen (secondary N) is 1. The Morgan fingerprint density at radius 2 is 1.74 bits per heavy atom. The predicted octanol–water partition coefficient (Wildman–Crippen LogP) is 4.63. The number of hydrogen-bond acceptors (Lipinski definition) is 6. The molecule has 0 spiro atoms. The molecule has 0 aliphatic rings. The van der Waals surface area contributed by atoms with Crippen LogP contribution in [0.15, 0.2) is 72.9 Å². The number of nitrogens with zero attached hydrogens (tertiary/aromatic N) is 2. The van der Waals surface area contributed by atoms with Crippen molar-refractivity contribution in [2.24, 2.45) is 0 Å². The van der Waals surface area contributed by atoms with E-state index in [9.17, 15) is 14.4 Å². The van der Waals surface area contributed by atoms with Crippen molar-refractivity contribution < 1.29 is 19.1 Å². The van der Waals surface area contributed by atoms with Gasteiger partial charge in [-0.15, -0.1) is 11.3 Å². The average molecular weight is 488 g/mol. The monoisotopic (exact) mass is 487 g/mol. The van der Waals surface area contributed by atoms with Crippen molar-refractivity contribution in [3.05, 3.63) is 93.8 Å². The second-order valence-electron chi connectivity index (χ2n) is 8.04. The quantitative estimate of drug-likeness (QED) is 0.275. The van der Waals surface area contributed by atoms with Crippen molar-refractivity contribution in [2.75, 3.05) is 13.2 Å². The summed E-state index contributed by atoms with van der Waals surface area (Å²) in [6.07, 6.45) is 2.26. The Morgan fingerprint density at radius 1 is 1.00 bits per heavy atom. The predicted molar refractivity (Wildman–Crippen MR) is 135 cm³/mol. The molecule has 178 valence electrons. The Bertz CT molecular complexity index is 1340. The first-order chi connectivity index (χ1) is 16.9. The number of carbonyl (C=O) groups is 3. The molecule has 1 amide bonds. The van der Waals surface area contributed by atoms with E-state index < -0.39 is 5.97 Å². The molecule has 0 unspecified atom stereocenters. The number of ketones is 1. The van der Waals surface area contributed by atoms with E-state index in [0.29, 0.717) is 23.5 Å². The lowest BCUT2D eigenvalue weighted by atomic mass is 10.1. The van der Waals surface area contributed by atoms with Gasteiger partial charge >= 0.3 is 5.97 Å². The summed E-state index contributed by atoms with van der Waals surface area (Å²) < 4.78 is 7.04. The largest absolute Gasteiger partial charge is 0.454 e. The molecule has 2 aromatic carbocycles. The summed E-state index contributed by atoms with van der Waals surface area (Å²) in [6.45, 7) is 3.60. The number of benzene rings is 2. The van der Waals surface area contributed by atoms with Crippen LogP contribution in [0.2, 0.25) is 0 Å². The zero-order valence-electron chi connectivity index (χ0n) is 19.5. The van der Waals surface area contributed by atoms with Crippen molar-refractivity contribution >= 4 is 29.0 Å². The number of hydrogen-bond donors (Lipinski definition) is 1. The van der Waals surface area contributed by atoms with Crippen LogP contribution in [0, 0.1) is 6.92 Å². The van der Waals surface area contributed by atoms with Crippen molar-refractivity contribution in [3.8, 4) is 16.9 Å². The molecule has 0 saturated carbocycles. The van der Waals surface area contributed by atoms with Crippen LogP contribution >= 0.6 is 11.3 Å². The molecule has 8 heteroatoms. The summed E-state index contributed by atoms with van der Waals surface area (Å²) in [4.78, 5) is 38.1. The molecule has 2 aromatic heterocycles. The summed E-state index contributed by atoms with van der Waals surface area (Å²) in [5.41, 5.74) is 3.48. The zero-order chi connectivity index (χ0) is 24.8. The smallest absolute Gasteiger partial charge is 0.342 e. The molecule has 0 radical (unpaired) electrons. The fourth-order valence-corrected chi connectivity index (χ4v) is 4.40. The Kier molecular flexibility index (Phi) is 7.52. The number of ether oxygens (including phenoxy) is 1. The average Bonchev–Trinajstić information content (AvgIpc) is 3.51. The molecule has 4 rings (SSSR count). The number of amides is 1. The third-order valence-electron chi connectivity index (χ3n) is 5.30. The summed E-state index contributed by atoms with van der Waals surface area (Å²) >= 11 is 1.33. The number of Topliss-reactive ketones (excluding diaryl/α,β-unsaturated/α-hetero) is 1. The fourth-order valence-electron chi connectivity index (χ4n) is 3.47. The minimum Gasteiger partial charge on any atom is -0.454 e. The lowest BCUT2D eigenvalue weighted by Gasteiger charge is -2.04. The summed E-state index contributed by atoms with van der Waals surface area (Å²) in [5, 5.41) is 7.37. The Morgan fingerprint density at radius 3 is 2.46 bits per heavy atom. The van der Waals surface area contributed by atoms with Crippen LogP contribution in [-0.2, 0) is 16.0 Å². The molecule has 35 heavy (non-hydrogen) atoms. The van der Waals surface area contributed by atoms with Crippen LogP contribution in [0.3, 0.4) is 0 Å². The van der Waals surface area contributed by atoms with Gasteiger partial charge in [0.2, 0.25) is 11.7 Å². The second kappa shape index (κ2) is 10.9. The van der Waals surface area contributed by atoms with Crippen LogP contribution in [0.4, 0.5) is 0 Å². The van der Waals surface area contributed by atoms with E-state index in [1.165, 1.54) is 18.3 Å². The number of thiophene rings is 1. The maximum Gasteiger partial charge on any atom is 0.342 e. The molecule has 0 bridgehead atoms. The molecule has 4 aromatic rings. The van der Waals surface area contributed by atoms with E-state index in [1.54, 1.807) is 16.9 Å². The molecule has 0 aliphatic carbocycles. The molecule has 0 aliphatic heterocycles. The van der Waals surface area contributed by atoms with Gasteiger partial charge in [0.15, 0.2) is 6.61 Å². The first-order valence-corrected chi connectivity index (χ1v) is 12.0. The minimum atomic E-state index is -0.613. The number of rotatable bonds is 9. The van der Waals surface area contributed by atoms with Gasteiger partial charge < -0.3 is 10.1 Å². The van der Waals surface area contributed by atoms with Gasteiger partial charge in [0, 0.05) is 30.1 Å². The maximum atomic E-state index is 13.0.